The van der Waals surface area contributed by atoms with E-state index < -0.39 is 0 Å². The fourth-order valence-electron chi connectivity index (χ4n) is 7.59. The minimum absolute atomic E-state index is 0.698. The van der Waals surface area contributed by atoms with E-state index in [9.17, 15) is 0 Å². The highest BCUT2D eigenvalue weighted by atomic mass is 16.3. The largest absolute Gasteiger partial charge is 0.455 e. The lowest BCUT2D eigenvalue weighted by Gasteiger charge is -2.11. The van der Waals surface area contributed by atoms with Gasteiger partial charge in [0.15, 0.2) is 5.82 Å². The fourth-order valence-corrected chi connectivity index (χ4v) is 7.59. The van der Waals surface area contributed by atoms with Gasteiger partial charge >= 0.3 is 0 Å². The molecule has 0 atom stereocenters. The van der Waals surface area contributed by atoms with Crippen molar-refractivity contribution in [3.05, 3.63) is 158 Å². The second-order valence-corrected chi connectivity index (χ2v) is 12.9. The second kappa shape index (κ2) is 10.4. The summed E-state index contributed by atoms with van der Waals surface area (Å²) < 4.78 is 12.6. The number of fused-ring (bicyclic) bond motifs is 11. The number of rotatable bonds is 3. The molecule has 0 aliphatic carbocycles. The normalized spacial score (nSPS) is 12.0. The molecule has 4 nitrogen and oxygen atoms in total. The van der Waals surface area contributed by atoms with Crippen molar-refractivity contribution < 1.29 is 8.83 Å². The maximum atomic E-state index is 6.32. The summed E-state index contributed by atoms with van der Waals surface area (Å²) in [7, 11) is 0. The van der Waals surface area contributed by atoms with Crippen LogP contribution in [-0.2, 0) is 0 Å². The maximum Gasteiger partial charge on any atom is 0.160 e. The molecule has 0 bridgehead atoms. The van der Waals surface area contributed by atoms with Crippen molar-refractivity contribution in [3.63, 3.8) is 0 Å². The predicted molar refractivity (Wildman–Crippen MR) is 205 cm³/mol. The first-order chi connectivity index (χ1) is 24.7. The number of hydrogen-bond donors (Lipinski definition) is 0. The summed E-state index contributed by atoms with van der Waals surface area (Å²) in [6, 6.07) is 55.0. The summed E-state index contributed by atoms with van der Waals surface area (Å²) in [5, 5.41) is 10.0. The van der Waals surface area contributed by atoms with E-state index >= 15 is 0 Å². The van der Waals surface area contributed by atoms with Gasteiger partial charge in [-0.25, -0.2) is 9.97 Å². The quantitative estimate of drug-likeness (QED) is 0.193. The monoisotopic (exact) mass is 638 g/mol. The number of furan rings is 2. The molecule has 11 aromatic rings. The molecule has 0 fully saturated rings. The molecular formula is C46H26N2O2. The van der Waals surface area contributed by atoms with E-state index in [0.29, 0.717) is 5.82 Å². The van der Waals surface area contributed by atoms with Gasteiger partial charge in [0, 0.05) is 48.8 Å². The Bertz CT molecular complexity index is 3150. The Balaban J connectivity index is 0.985. The van der Waals surface area contributed by atoms with Crippen molar-refractivity contribution in [2.75, 3.05) is 0 Å². The van der Waals surface area contributed by atoms with E-state index in [-0.39, 0.29) is 0 Å². The fraction of sp³-hybridized carbons (Fsp3) is 0. The van der Waals surface area contributed by atoms with Crippen LogP contribution in [0, 0.1) is 0 Å². The molecule has 4 heteroatoms. The zero-order valence-corrected chi connectivity index (χ0v) is 26.7. The molecule has 50 heavy (non-hydrogen) atoms. The van der Waals surface area contributed by atoms with Crippen LogP contribution in [0.2, 0.25) is 0 Å². The molecule has 0 amide bonds. The van der Waals surface area contributed by atoms with Crippen molar-refractivity contribution in [2.45, 2.75) is 0 Å². The molecule has 3 heterocycles. The first kappa shape index (κ1) is 27.2. The van der Waals surface area contributed by atoms with Gasteiger partial charge in [0.1, 0.15) is 22.3 Å². The molecule has 0 saturated carbocycles. The lowest BCUT2D eigenvalue weighted by Crippen LogP contribution is -1.95. The van der Waals surface area contributed by atoms with Crippen LogP contribution in [0.1, 0.15) is 0 Å². The van der Waals surface area contributed by atoms with E-state index in [2.05, 4.69) is 121 Å². The molecule has 8 aromatic carbocycles. The van der Waals surface area contributed by atoms with Crippen molar-refractivity contribution in [3.8, 4) is 33.8 Å². The molecule has 3 aromatic heterocycles. The van der Waals surface area contributed by atoms with Crippen LogP contribution in [0.5, 0.6) is 0 Å². The first-order valence-electron chi connectivity index (χ1n) is 16.8. The molecule has 0 saturated heterocycles. The smallest absolute Gasteiger partial charge is 0.160 e. The Hall–Kier alpha value is -6.78. The van der Waals surface area contributed by atoms with Gasteiger partial charge < -0.3 is 8.83 Å². The van der Waals surface area contributed by atoms with Crippen LogP contribution < -0.4 is 0 Å². The highest BCUT2D eigenvalue weighted by Crippen LogP contribution is 2.38. The predicted octanol–water partition coefficient (Wildman–Crippen LogP) is 12.7. The molecule has 0 unspecified atom stereocenters. The molecule has 232 valence electrons. The van der Waals surface area contributed by atoms with Crippen molar-refractivity contribution >= 4 is 76.3 Å². The average molecular weight is 639 g/mol. The maximum absolute atomic E-state index is 6.32. The zero-order valence-electron chi connectivity index (χ0n) is 26.7. The van der Waals surface area contributed by atoms with Gasteiger partial charge in [-0.05, 0) is 76.5 Å². The zero-order chi connectivity index (χ0) is 32.8. The van der Waals surface area contributed by atoms with Crippen LogP contribution in [0.15, 0.2) is 167 Å². The number of para-hydroxylation sites is 3. The molecule has 0 radical (unpaired) electrons. The Morgan fingerprint density at radius 2 is 0.840 bits per heavy atom. The Morgan fingerprint density at radius 1 is 0.340 bits per heavy atom. The van der Waals surface area contributed by atoms with E-state index in [1.807, 2.05) is 36.4 Å². The molecule has 0 spiro atoms. The summed E-state index contributed by atoms with van der Waals surface area (Å²) in [5.74, 6) is 0.698. The first-order valence-corrected chi connectivity index (χ1v) is 16.8. The highest BCUT2D eigenvalue weighted by molar-refractivity contribution is 6.16. The number of benzene rings is 8. The van der Waals surface area contributed by atoms with Gasteiger partial charge in [-0.2, -0.15) is 0 Å². The summed E-state index contributed by atoms with van der Waals surface area (Å²) >= 11 is 0. The number of aromatic nitrogens is 2. The van der Waals surface area contributed by atoms with Gasteiger partial charge in [0.2, 0.25) is 0 Å². The summed E-state index contributed by atoms with van der Waals surface area (Å²) in [5.41, 5.74) is 9.78. The lowest BCUT2D eigenvalue weighted by atomic mass is 9.98. The average Bonchev–Trinajstić information content (AvgIpc) is 3.76. The van der Waals surface area contributed by atoms with Crippen molar-refractivity contribution in [2.24, 2.45) is 0 Å². The third-order valence-corrected chi connectivity index (χ3v) is 10.1. The minimum atomic E-state index is 0.698. The molecule has 0 aliphatic heterocycles. The highest BCUT2D eigenvalue weighted by Gasteiger charge is 2.15. The Morgan fingerprint density at radius 3 is 1.50 bits per heavy atom. The van der Waals surface area contributed by atoms with Gasteiger partial charge in [-0.15, -0.1) is 0 Å². The van der Waals surface area contributed by atoms with E-state index in [1.165, 1.54) is 0 Å². The standard InChI is InChI=1S/C46H26N2O2/c1-4-10-40-39(9-1)43(32-20-22-34-31(26-32)19-24-38-36-8-3-6-12-42(36)50-45(34)38)48-46(47-40)28-15-13-27(14-16-28)29-17-21-33-30(25-29)18-23-37-35-7-2-5-11-41(35)49-44(33)37/h1-26H. The molecular weight excluding hydrogens is 613 g/mol. The molecule has 0 N–H and O–H groups in total. The Kier molecular flexibility index (Phi) is 5.63. The van der Waals surface area contributed by atoms with Crippen LogP contribution in [0.25, 0.3) is 110 Å². The summed E-state index contributed by atoms with van der Waals surface area (Å²) in [4.78, 5) is 10.2. The van der Waals surface area contributed by atoms with Gasteiger partial charge in [-0.3, -0.25) is 0 Å². The topological polar surface area (TPSA) is 52.1 Å². The van der Waals surface area contributed by atoms with Crippen LogP contribution in [0.3, 0.4) is 0 Å². The van der Waals surface area contributed by atoms with Crippen LogP contribution in [-0.4, -0.2) is 9.97 Å². The van der Waals surface area contributed by atoms with E-state index in [4.69, 9.17) is 18.8 Å². The van der Waals surface area contributed by atoms with Crippen molar-refractivity contribution in [1.29, 1.82) is 0 Å². The summed E-state index contributed by atoms with van der Waals surface area (Å²) in [6.07, 6.45) is 0. The van der Waals surface area contributed by atoms with E-state index in [1.54, 1.807) is 0 Å². The van der Waals surface area contributed by atoms with E-state index in [0.717, 1.165) is 104 Å². The lowest BCUT2D eigenvalue weighted by molar-refractivity contribution is 0.672. The van der Waals surface area contributed by atoms with Crippen LogP contribution in [0.4, 0.5) is 0 Å². The van der Waals surface area contributed by atoms with Gasteiger partial charge in [0.25, 0.3) is 0 Å². The molecule has 0 aliphatic rings. The second-order valence-electron chi connectivity index (χ2n) is 12.9. The van der Waals surface area contributed by atoms with Gasteiger partial charge in [-0.1, -0.05) is 103 Å². The van der Waals surface area contributed by atoms with Gasteiger partial charge in [0.05, 0.1) is 11.2 Å². The third-order valence-electron chi connectivity index (χ3n) is 10.1. The van der Waals surface area contributed by atoms with Crippen LogP contribution >= 0.6 is 0 Å². The minimum Gasteiger partial charge on any atom is -0.455 e. The Labute approximate surface area is 285 Å². The van der Waals surface area contributed by atoms with Crippen molar-refractivity contribution in [1.82, 2.24) is 9.97 Å². The molecule has 11 rings (SSSR count). The third kappa shape index (κ3) is 4.06. The number of hydrogen-bond acceptors (Lipinski definition) is 4. The SMILES string of the molecule is c1ccc2c(-c3ccc4c(ccc5c6ccccc6oc45)c3)nc(-c3ccc(-c4ccc5c(ccc6c7ccccc7oc56)c4)cc3)nc2c1. The summed E-state index contributed by atoms with van der Waals surface area (Å²) in [6.45, 7) is 0. The number of nitrogens with zero attached hydrogens (tertiary/aromatic N) is 2.